The van der Waals surface area contributed by atoms with E-state index in [1.165, 1.54) is 0 Å². The van der Waals surface area contributed by atoms with E-state index in [2.05, 4.69) is 0 Å². The lowest BCUT2D eigenvalue weighted by atomic mass is 9.96. The average Bonchev–Trinajstić information content (AvgIpc) is 2.35. The van der Waals surface area contributed by atoms with Crippen LogP contribution in [0.3, 0.4) is 0 Å². The van der Waals surface area contributed by atoms with Crippen molar-refractivity contribution in [1.82, 2.24) is 0 Å². The molecule has 0 aliphatic heterocycles. The first kappa shape index (κ1) is 7.20. The van der Waals surface area contributed by atoms with Crippen molar-refractivity contribution in [3.8, 4) is 0 Å². The van der Waals surface area contributed by atoms with Gasteiger partial charge in [0.1, 0.15) is 7.85 Å². The van der Waals surface area contributed by atoms with Gasteiger partial charge in [0.2, 0.25) is 0 Å². The van der Waals surface area contributed by atoms with Gasteiger partial charge in [-0.2, -0.15) is 0 Å². The predicted octanol–water partition coefficient (Wildman–Crippen LogP) is 2.35. The Hall–Kier alpha value is -0.465. The van der Waals surface area contributed by atoms with E-state index >= 15 is 0 Å². The van der Waals surface area contributed by atoms with Gasteiger partial charge in [-0.15, -0.1) is 11.3 Å². The van der Waals surface area contributed by atoms with Gasteiger partial charge in [0.25, 0.3) is 0 Å². The normalized spacial score (nSPS) is 10.6. The highest BCUT2D eigenvalue weighted by Gasteiger charge is 2.01. The topological polar surface area (TPSA) is 0 Å². The molecule has 0 nitrogen and oxygen atoms in total. The van der Waals surface area contributed by atoms with Crippen LogP contribution in [-0.2, 0) is 0 Å². The van der Waals surface area contributed by atoms with Crippen molar-refractivity contribution in [2.45, 2.75) is 0 Å². The number of benzene rings is 1. The molecule has 1 heterocycles. The van der Waals surface area contributed by atoms with Gasteiger partial charge >= 0.3 is 0 Å². The fourth-order valence-electron chi connectivity index (χ4n) is 1.04. The molecule has 3 heteroatoms. The van der Waals surface area contributed by atoms with E-state index in [1.54, 1.807) is 11.3 Å². The summed E-state index contributed by atoms with van der Waals surface area (Å²) in [5, 5.41) is 3.75. The second-order valence-corrected chi connectivity index (χ2v) is 3.59. The van der Waals surface area contributed by atoms with Crippen molar-refractivity contribution in [3.63, 3.8) is 0 Å². The Bertz CT molecular complexity index is 394. The fraction of sp³-hybridized carbons (Fsp3) is 0. The lowest BCUT2D eigenvalue weighted by Crippen LogP contribution is -1.96. The average molecular weight is 178 g/mol. The van der Waals surface area contributed by atoms with E-state index in [0.29, 0.717) is 0 Å². The van der Waals surface area contributed by atoms with Crippen molar-refractivity contribution < 1.29 is 0 Å². The maximum atomic E-state index is 5.93. The summed E-state index contributed by atoms with van der Waals surface area (Å²) in [7, 11) is 5.70. The summed E-state index contributed by atoms with van der Waals surface area (Å²) in [6.45, 7) is 0. The standard InChI is InChI=1S/C8H4BClS/c9-6-4-11-8-5(6)2-1-3-7(8)10/h1-4H. The number of thiophene rings is 1. The molecule has 0 saturated carbocycles. The summed E-state index contributed by atoms with van der Waals surface area (Å²) in [5.74, 6) is 0. The van der Waals surface area contributed by atoms with Gasteiger partial charge in [0, 0.05) is 0 Å². The summed E-state index contributed by atoms with van der Waals surface area (Å²) < 4.78 is 1.08. The molecule has 2 rings (SSSR count). The predicted molar refractivity (Wildman–Crippen MR) is 52.2 cm³/mol. The third kappa shape index (κ3) is 1.07. The molecule has 0 bridgehead atoms. The molecule has 0 aliphatic rings. The number of hydrogen-bond donors (Lipinski definition) is 0. The Morgan fingerprint density at radius 2 is 2.18 bits per heavy atom. The number of hydrogen-bond acceptors (Lipinski definition) is 1. The summed E-state index contributed by atoms with van der Waals surface area (Å²) in [6, 6.07) is 5.76. The van der Waals surface area contributed by atoms with E-state index in [-0.39, 0.29) is 0 Å². The van der Waals surface area contributed by atoms with Crippen molar-refractivity contribution >= 4 is 46.3 Å². The van der Waals surface area contributed by atoms with E-state index < -0.39 is 0 Å². The zero-order chi connectivity index (χ0) is 7.84. The molecule has 0 amide bonds. The van der Waals surface area contributed by atoms with Gasteiger partial charge in [0.05, 0.1) is 9.72 Å². The van der Waals surface area contributed by atoms with Crippen LogP contribution in [0, 0.1) is 0 Å². The zero-order valence-corrected chi connectivity index (χ0v) is 7.25. The molecule has 52 valence electrons. The quantitative estimate of drug-likeness (QED) is 0.543. The van der Waals surface area contributed by atoms with E-state index in [9.17, 15) is 0 Å². The van der Waals surface area contributed by atoms with Crippen LogP contribution in [0.2, 0.25) is 5.02 Å². The maximum Gasteiger partial charge on any atom is 0.115 e. The second kappa shape index (κ2) is 2.54. The van der Waals surface area contributed by atoms with Crippen LogP contribution < -0.4 is 5.46 Å². The first-order valence-corrected chi connectivity index (χ1v) is 4.46. The fourth-order valence-corrected chi connectivity index (χ4v) is 2.22. The van der Waals surface area contributed by atoms with Gasteiger partial charge in [-0.05, 0) is 16.8 Å². The minimum Gasteiger partial charge on any atom is -0.143 e. The first-order valence-electron chi connectivity index (χ1n) is 3.20. The molecule has 2 aromatic rings. The zero-order valence-electron chi connectivity index (χ0n) is 5.67. The van der Waals surface area contributed by atoms with Crippen LogP contribution in [0.4, 0.5) is 0 Å². The molecular formula is C8H4BClS. The summed E-state index contributed by atoms with van der Waals surface area (Å²) in [4.78, 5) is 0. The van der Waals surface area contributed by atoms with Gasteiger partial charge in [-0.3, -0.25) is 0 Å². The molecule has 0 atom stereocenters. The highest BCUT2D eigenvalue weighted by Crippen LogP contribution is 2.26. The molecule has 0 unspecified atom stereocenters. The third-order valence-corrected chi connectivity index (χ3v) is 3.06. The summed E-state index contributed by atoms with van der Waals surface area (Å²) in [5.41, 5.74) is 0.813. The Morgan fingerprint density at radius 3 is 2.91 bits per heavy atom. The monoisotopic (exact) mass is 178 g/mol. The molecule has 1 aromatic heterocycles. The molecule has 0 N–H and O–H groups in total. The Morgan fingerprint density at radius 1 is 1.36 bits per heavy atom. The van der Waals surface area contributed by atoms with E-state index in [1.807, 2.05) is 23.6 Å². The summed E-state index contributed by atoms with van der Waals surface area (Å²) >= 11 is 7.51. The first-order chi connectivity index (χ1) is 5.29. The molecule has 0 aliphatic carbocycles. The van der Waals surface area contributed by atoms with E-state index in [4.69, 9.17) is 19.4 Å². The molecule has 2 radical (unpaired) electrons. The van der Waals surface area contributed by atoms with Crippen LogP contribution in [0.5, 0.6) is 0 Å². The molecular weight excluding hydrogens is 174 g/mol. The van der Waals surface area contributed by atoms with Crippen molar-refractivity contribution in [1.29, 1.82) is 0 Å². The van der Waals surface area contributed by atoms with Crippen LogP contribution in [0.15, 0.2) is 23.6 Å². The van der Waals surface area contributed by atoms with Crippen molar-refractivity contribution in [3.05, 3.63) is 28.6 Å². The van der Waals surface area contributed by atoms with Gasteiger partial charge < -0.3 is 0 Å². The Kier molecular flexibility index (Phi) is 1.66. The smallest absolute Gasteiger partial charge is 0.115 e. The van der Waals surface area contributed by atoms with Gasteiger partial charge in [-0.25, -0.2) is 0 Å². The molecule has 0 saturated heterocycles. The second-order valence-electron chi connectivity index (χ2n) is 2.31. The van der Waals surface area contributed by atoms with Crippen molar-refractivity contribution in [2.24, 2.45) is 0 Å². The highest BCUT2D eigenvalue weighted by molar-refractivity contribution is 7.19. The van der Waals surface area contributed by atoms with Crippen LogP contribution >= 0.6 is 22.9 Å². The third-order valence-electron chi connectivity index (χ3n) is 1.58. The minimum absolute atomic E-state index is 0.782. The summed E-state index contributed by atoms with van der Waals surface area (Å²) in [6.07, 6.45) is 0. The number of fused-ring (bicyclic) bond motifs is 1. The van der Waals surface area contributed by atoms with Crippen LogP contribution in [0.25, 0.3) is 10.1 Å². The Labute approximate surface area is 75.2 Å². The number of halogens is 1. The van der Waals surface area contributed by atoms with Gasteiger partial charge in [0.15, 0.2) is 0 Å². The lowest BCUT2D eigenvalue weighted by Gasteiger charge is -1.92. The lowest BCUT2D eigenvalue weighted by molar-refractivity contribution is 1.86. The molecule has 0 spiro atoms. The molecule has 1 aromatic carbocycles. The van der Waals surface area contributed by atoms with Gasteiger partial charge in [-0.1, -0.05) is 29.2 Å². The SMILES string of the molecule is [B]c1csc2c(Cl)cccc12. The van der Waals surface area contributed by atoms with E-state index in [0.717, 1.165) is 20.6 Å². The highest BCUT2D eigenvalue weighted by atomic mass is 35.5. The molecule has 11 heavy (non-hydrogen) atoms. The number of rotatable bonds is 0. The van der Waals surface area contributed by atoms with Crippen LogP contribution in [0.1, 0.15) is 0 Å². The Balaban J connectivity index is 2.94. The van der Waals surface area contributed by atoms with Crippen LogP contribution in [-0.4, -0.2) is 7.85 Å². The largest absolute Gasteiger partial charge is 0.143 e. The minimum atomic E-state index is 0.782. The van der Waals surface area contributed by atoms with Crippen molar-refractivity contribution in [2.75, 3.05) is 0 Å². The maximum absolute atomic E-state index is 5.93. The molecule has 0 fully saturated rings.